The van der Waals surface area contributed by atoms with Crippen LogP contribution in [0.25, 0.3) is 0 Å². The molecular weight excluding hydrogens is 405 g/mol. The predicted molar refractivity (Wildman–Crippen MR) is 144 cm³/mol. The molecule has 2 heteroatoms. The van der Waals surface area contributed by atoms with Crippen LogP contribution in [0, 0.1) is 20.8 Å². The number of benzene rings is 4. The van der Waals surface area contributed by atoms with Crippen molar-refractivity contribution >= 4 is 28.9 Å². The van der Waals surface area contributed by atoms with Gasteiger partial charge in [-0.1, -0.05) is 60.7 Å². The van der Waals surface area contributed by atoms with Gasteiger partial charge in [0.15, 0.2) is 0 Å². The number of hydrogen-bond donors (Lipinski definition) is 0. The summed E-state index contributed by atoms with van der Waals surface area (Å²) < 4.78 is 0. The SMILES string of the molecule is Cc1cc(C)c(N(C)C)c(C)c1C[P+](c1ccccc1)(c1ccccc1)c1ccccc1. The molecule has 0 atom stereocenters. The van der Waals surface area contributed by atoms with Crippen molar-refractivity contribution in [3.63, 3.8) is 0 Å². The summed E-state index contributed by atoms with van der Waals surface area (Å²) in [5, 5.41) is 4.30. The van der Waals surface area contributed by atoms with Crippen LogP contribution in [-0.4, -0.2) is 14.1 Å². The molecule has 0 spiro atoms. The van der Waals surface area contributed by atoms with Gasteiger partial charge >= 0.3 is 0 Å². The molecule has 0 aliphatic rings. The lowest BCUT2D eigenvalue weighted by Gasteiger charge is -2.30. The van der Waals surface area contributed by atoms with Gasteiger partial charge < -0.3 is 4.90 Å². The molecule has 0 bridgehead atoms. The molecule has 4 aromatic carbocycles. The third-order valence-corrected chi connectivity index (χ3v) is 10.9. The van der Waals surface area contributed by atoms with Gasteiger partial charge in [-0.2, -0.15) is 0 Å². The number of nitrogens with zero attached hydrogens (tertiary/aromatic N) is 1. The van der Waals surface area contributed by atoms with Crippen LogP contribution in [0.4, 0.5) is 5.69 Å². The van der Waals surface area contributed by atoms with Gasteiger partial charge in [0, 0.05) is 19.8 Å². The Morgan fingerprint density at radius 3 is 1.38 bits per heavy atom. The zero-order valence-corrected chi connectivity index (χ0v) is 20.7. The number of hydrogen-bond acceptors (Lipinski definition) is 1. The van der Waals surface area contributed by atoms with Crippen LogP contribution in [0.2, 0.25) is 0 Å². The lowest BCUT2D eigenvalue weighted by Crippen LogP contribution is -2.33. The fraction of sp³-hybridized carbons (Fsp3) is 0.200. The van der Waals surface area contributed by atoms with E-state index in [2.05, 4.69) is 137 Å². The summed E-state index contributed by atoms with van der Waals surface area (Å²) in [4.78, 5) is 2.27. The maximum Gasteiger partial charge on any atom is 0.116 e. The highest BCUT2D eigenvalue weighted by atomic mass is 31.2. The molecule has 0 fully saturated rings. The normalized spacial score (nSPS) is 11.4. The molecule has 0 radical (unpaired) electrons. The minimum absolute atomic E-state index is 1.02. The topological polar surface area (TPSA) is 3.24 Å². The van der Waals surface area contributed by atoms with Gasteiger partial charge in [-0.25, -0.2) is 0 Å². The first kappa shape index (κ1) is 22.3. The largest absolute Gasteiger partial charge is 0.377 e. The van der Waals surface area contributed by atoms with E-state index in [9.17, 15) is 0 Å². The third kappa shape index (κ3) is 3.98. The van der Waals surface area contributed by atoms with E-state index in [4.69, 9.17) is 0 Å². The van der Waals surface area contributed by atoms with Gasteiger partial charge in [0.1, 0.15) is 23.2 Å². The van der Waals surface area contributed by atoms with E-state index in [0.29, 0.717) is 0 Å². The number of anilines is 1. The molecule has 0 heterocycles. The zero-order valence-electron chi connectivity index (χ0n) is 19.8. The molecule has 0 amide bonds. The van der Waals surface area contributed by atoms with Gasteiger partial charge in [0.2, 0.25) is 0 Å². The summed E-state index contributed by atoms with van der Waals surface area (Å²) in [6.45, 7) is 6.82. The highest BCUT2D eigenvalue weighted by Crippen LogP contribution is 2.59. The molecule has 0 aromatic heterocycles. The Morgan fingerprint density at radius 1 is 0.594 bits per heavy atom. The van der Waals surface area contributed by atoms with Crippen molar-refractivity contribution in [2.45, 2.75) is 26.9 Å². The van der Waals surface area contributed by atoms with Crippen LogP contribution in [0.3, 0.4) is 0 Å². The second kappa shape index (κ2) is 9.31. The molecule has 0 unspecified atom stereocenters. The molecular formula is C30H33NP+. The van der Waals surface area contributed by atoms with Crippen molar-refractivity contribution in [2.75, 3.05) is 19.0 Å². The Bertz CT molecular complexity index is 1090. The minimum atomic E-state index is -1.91. The number of rotatable bonds is 6. The lowest BCUT2D eigenvalue weighted by molar-refractivity contribution is 1.07. The Kier molecular flexibility index (Phi) is 6.49. The van der Waals surface area contributed by atoms with Crippen molar-refractivity contribution in [1.82, 2.24) is 0 Å². The second-order valence-electron chi connectivity index (χ2n) is 8.83. The molecule has 4 rings (SSSR count). The van der Waals surface area contributed by atoms with E-state index in [0.717, 1.165) is 6.16 Å². The van der Waals surface area contributed by atoms with E-state index in [1.54, 1.807) is 0 Å². The van der Waals surface area contributed by atoms with Gasteiger partial charge in [0.05, 0.1) is 6.16 Å². The van der Waals surface area contributed by atoms with E-state index in [-0.39, 0.29) is 0 Å². The first-order chi connectivity index (χ1) is 15.4. The van der Waals surface area contributed by atoms with Crippen LogP contribution < -0.4 is 20.8 Å². The Hall–Kier alpha value is -2.89. The van der Waals surface area contributed by atoms with E-state index in [1.807, 2.05) is 0 Å². The third-order valence-electron chi connectivity index (χ3n) is 6.52. The van der Waals surface area contributed by atoms with Crippen LogP contribution in [0.1, 0.15) is 22.3 Å². The molecule has 0 aliphatic carbocycles. The summed E-state index contributed by atoms with van der Waals surface area (Å²) >= 11 is 0. The highest BCUT2D eigenvalue weighted by molar-refractivity contribution is 7.95. The average Bonchev–Trinajstić information content (AvgIpc) is 2.81. The minimum Gasteiger partial charge on any atom is -0.377 e. The van der Waals surface area contributed by atoms with Crippen LogP contribution in [-0.2, 0) is 6.16 Å². The summed E-state index contributed by atoms with van der Waals surface area (Å²) in [5.41, 5.74) is 6.95. The van der Waals surface area contributed by atoms with Crippen molar-refractivity contribution in [3.05, 3.63) is 119 Å². The average molecular weight is 439 g/mol. The molecule has 4 aromatic rings. The van der Waals surface area contributed by atoms with Crippen LogP contribution in [0.15, 0.2) is 97.1 Å². The lowest BCUT2D eigenvalue weighted by atomic mass is 9.98. The van der Waals surface area contributed by atoms with Gasteiger partial charge in [0.25, 0.3) is 0 Å². The molecule has 0 saturated carbocycles. The molecule has 32 heavy (non-hydrogen) atoms. The Balaban J connectivity index is 2.05. The van der Waals surface area contributed by atoms with E-state index >= 15 is 0 Å². The smallest absolute Gasteiger partial charge is 0.116 e. The molecule has 1 nitrogen and oxygen atoms in total. The number of aryl methyl sites for hydroxylation is 2. The second-order valence-corrected chi connectivity index (χ2v) is 12.3. The summed E-state index contributed by atoms with van der Waals surface area (Å²) in [7, 11) is 2.40. The van der Waals surface area contributed by atoms with Crippen molar-refractivity contribution in [3.8, 4) is 0 Å². The van der Waals surface area contributed by atoms with Gasteiger partial charge in [-0.3, -0.25) is 0 Å². The van der Waals surface area contributed by atoms with Gasteiger partial charge in [-0.15, -0.1) is 0 Å². The first-order valence-corrected chi connectivity index (χ1v) is 13.2. The van der Waals surface area contributed by atoms with Crippen molar-refractivity contribution in [1.29, 1.82) is 0 Å². The summed E-state index contributed by atoms with van der Waals surface area (Å²) in [6.07, 6.45) is 1.02. The van der Waals surface area contributed by atoms with Crippen molar-refractivity contribution in [2.24, 2.45) is 0 Å². The van der Waals surface area contributed by atoms with E-state index in [1.165, 1.54) is 43.9 Å². The van der Waals surface area contributed by atoms with Gasteiger partial charge in [-0.05, 0) is 79.4 Å². The van der Waals surface area contributed by atoms with Crippen LogP contribution >= 0.6 is 7.26 Å². The highest BCUT2D eigenvalue weighted by Gasteiger charge is 2.46. The molecule has 0 aliphatic heterocycles. The predicted octanol–water partition coefficient (Wildman–Crippen LogP) is 6.17. The monoisotopic (exact) mass is 438 g/mol. The Morgan fingerprint density at radius 2 is 1.00 bits per heavy atom. The summed E-state index contributed by atoms with van der Waals surface area (Å²) in [6, 6.07) is 35.9. The zero-order chi connectivity index (χ0) is 22.7. The fourth-order valence-corrected chi connectivity index (χ4v) is 9.60. The molecule has 0 N–H and O–H groups in total. The molecule has 0 saturated heterocycles. The van der Waals surface area contributed by atoms with E-state index < -0.39 is 7.26 Å². The standard InChI is InChI=1S/C30H33NP/c1-23-21-24(2)30(31(4)5)25(3)29(23)22-32(26-15-9-6-10-16-26,27-17-11-7-12-18-27)28-19-13-8-14-20-28/h6-21H,22H2,1-5H3/q+1. The quantitative estimate of drug-likeness (QED) is 0.325. The maximum atomic E-state index is 2.37. The first-order valence-electron chi connectivity index (χ1n) is 11.3. The molecule has 162 valence electrons. The Labute approximate surface area is 194 Å². The maximum absolute atomic E-state index is 2.37. The fourth-order valence-electron chi connectivity index (χ4n) is 5.15. The van der Waals surface area contributed by atoms with Crippen molar-refractivity contribution < 1.29 is 0 Å². The van der Waals surface area contributed by atoms with Crippen LogP contribution in [0.5, 0.6) is 0 Å². The summed E-state index contributed by atoms with van der Waals surface area (Å²) in [5.74, 6) is 0.